The molecule has 0 aliphatic carbocycles. The molecule has 0 rings (SSSR count). The summed E-state index contributed by atoms with van der Waals surface area (Å²) in [5.41, 5.74) is 0. The number of carbonyl (C=O) groups excluding carboxylic acids is 1. The van der Waals surface area contributed by atoms with E-state index in [9.17, 15) is 25.2 Å². The number of nitrogens with one attached hydrogen (secondary N) is 1. The van der Waals surface area contributed by atoms with Gasteiger partial charge in [-0.3, -0.25) is 4.79 Å². The molecule has 0 heterocycles. The molecule has 0 saturated carbocycles. The van der Waals surface area contributed by atoms with Crippen molar-refractivity contribution in [3.8, 4) is 0 Å². The highest BCUT2D eigenvalue weighted by Crippen LogP contribution is 2.15. The van der Waals surface area contributed by atoms with Crippen LogP contribution in [0, 0.1) is 0 Å². The van der Waals surface area contributed by atoms with Crippen LogP contribution in [0.2, 0.25) is 0 Å². The van der Waals surface area contributed by atoms with Crippen molar-refractivity contribution >= 4 is 5.91 Å². The second-order valence-electron chi connectivity index (χ2n) is 10.8. The normalized spacial score (nSPS) is 14.9. The summed E-state index contributed by atoms with van der Waals surface area (Å²) in [6, 6.07) is -0.974. The quantitative estimate of drug-likeness (QED) is 0.0841. The molecular weight excluding hydrogens is 454 g/mol. The van der Waals surface area contributed by atoms with E-state index in [0.29, 0.717) is 12.8 Å². The van der Waals surface area contributed by atoms with Crippen molar-refractivity contribution in [2.45, 2.75) is 179 Å². The van der Waals surface area contributed by atoms with Gasteiger partial charge in [0.1, 0.15) is 12.2 Å². The maximum atomic E-state index is 12.3. The molecule has 0 aliphatic rings. The van der Waals surface area contributed by atoms with Crippen LogP contribution in [0.4, 0.5) is 0 Å². The smallest absolute Gasteiger partial charge is 0.249 e. The summed E-state index contributed by atoms with van der Waals surface area (Å²) in [7, 11) is 0. The van der Waals surface area contributed by atoms with Gasteiger partial charge in [0.2, 0.25) is 5.91 Å². The van der Waals surface area contributed by atoms with Crippen LogP contribution in [0.5, 0.6) is 0 Å². The first-order chi connectivity index (χ1) is 17.5. The molecule has 0 fully saturated rings. The van der Waals surface area contributed by atoms with Crippen LogP contribution in [0.3, 0.4) is 0 Å². The van der Waals surface area contributed by atoms with Gasteiger partial charge in [-0.2, -0.15) is 0 Å². The van der Waals surface area contributed by atoms with Crippen LogP contribution in [0.1, 0.15) is 155 Å². The van der Waals surface area contributed by atoms with Gasteiger partial charge in [-0.05, 0) is 12.8 Å². The molecule has 0 aromatic rings. The molecule has 0 spiro atoms. The van der Waals surface area contributed by atoms with E-state index < -0.39 is 36.9 Å². The summed E-state index contributed by atoms with van der Waals surface area (Å²) < 4.78 is 0. The minimum atomic E-state index is -1.25. The maximum absolute atomic E-state index is 12.3. The van der Waals surface area contributed by atoms with E-state index in [-0.39, 0.29) is 0 Å². The minimum Gasteiger partial charge on any atom is -0.394 e. The average Bonchev–Trinajstić information content (AvgIpc) is 2.88. The van der Waals surface area contributed by atoms with E-state index in [1.807, 2.05) is 0 Å². The number of hydrogen-bond donors (Lipinski definition) is 5. The van der Waals surface area contributed by atoms with E-state index in [4.69, 9.17) is 0 Å². The lowest BCUT2D eigenvalue weighted by Crippen LogP contribution is -2.53. The summed E-state index contributed by atoms with van der Waals surface area (Å²) in [5.74, 6) is -0.588. The van der Waals surface area contributed by atoms with Crippen LogP contribution in [0.25, 0.3) is 0 Å². The molecule has 4 atom stereocenters. The largest absolute Gasteiger partial charge is 0.394 e. The number of aliphatic hydroxyl groups excluding tert-OH is 4. The Morgan fingerprint density at radius 2 is 0.944 bits per heavy atom. The Morgan fingerprint density at radius 3 is 1.33 bits per heavy atom. The van der Waals surface area contributed by atoms with Gasteiger partial charge in [-0.15, -0.1) is 0 Å². The number of amides is 1. The molecule has 4 unspecified atom stereocenters. The van der Waals surface area contributed by atoms with E-state index in [1.54, 1.807) is 0 Å². The van der Waals surface area contributed by atoms with Gasteiger partial charge in [-0.25, -0.2) is 0 Å². The van der Waals surface area contributed by atoms with Crippen LogP contribution in [0.15, 0.2) is 0 Å². The van der Waals surface area contributed by atoms with Crippen molar-refractivity contribution in [3.63, 3.8) is 0 Å². The second-order valence-corrected chi connectivity index (χ2v) is 10.8. The molecule has 216 valence electrons. The van der Waals surface area contributed by atoms with Crippen molar-refractivity contribution in [3.05, 3.63) is 0 Å². The highest BCUT2D eigenvalue weighted by Gasteiger charge is 2.28. The van der Waals surface area contributed by atoms with Crippen molar-refractivity contribution in [1.29, 1.82) is 0 Å². The zero-order chi connectivity index (χ0) is 26.9. The van der Waals surface area contributed by atoms with Gasteiger partial charge < -0.3 is 25.7 Å². The SMILES string of the molecule is CCCCCCCCCCCCCCCC(O)C(=O)NC(CO)C(O)C(O)CCCCCCCCC. The molecule has 6 heteroatoms. The van der Waals surface area contributed by atoms with Gasteiger partial charge in [0.25, 0.3) is 0 Å². The average molecular weight is 516 g/mol. The number of carbonyl (C=O) groups is 1. The van der Waals surface area contributed by atoms with Gasteiger partial charge in [-0.1, -0.05) is 142 Å². The van der Waals surface area contributed by atoms with Gasteiger partial charge in [0.05, 0.1) is 18.8 Å². The highest BCUT2D eigenvalue weighted by molar-refractivity contribution is 5.80. The summed E-state index contributed by atoms with van der Waals surface area (Å²) >= 11 is 0. The molecule has 0 bridgehead atoms. The number of aliphatic hydroxyl groups is 4. The second kappa shape index (κ2) is 25.9. The Morgan fingerprint density at radius 1 is 0.583 bits per heavy atom. The van der Waals surface area contributed by atoms with Crippen molar-refractivity contribution in [2.24, 2.45) is 0 Å². The van der Waals surface area contributed by atoms with Crippen molar-refractivity contribution in [2.75, 3.05) is 6.61 Å². The zero-order valence-corrected chi connectivity index (χ0v) is 23.8. The van der Waals surface area contributed by atoms with Gasteiger partial charge in [0, 0.05) is 0 Å². The minimum absolute atomic E-state index is 0.373. The lowest BCUT2D eigenvalue weighted by Gasteiger charge is -2.27. The Labute approximate surface area is 222 Å². The van der Waals surface area contributed by atoms with Crippen molar-refractivity contribution < 1.29 is 25.2 Å². The first-order valence-electron chi connectivity index (χ1n) is 15.4. The van der Waals surface area contributed by atoms with E-state index >= 15 is 0 Å². The van der Waals surface area contributed by atoms with E-state index in [0.717, 1.165) is 38.5 Å². The fourth-order valence-electron chi connectivity index (χ4n) is 4.75. The molecule has 5 N–H and O–H groups in total. The standard InChI is InChI=1S/C30H61NO5/c1-3-5-7-9-11-12-13-14-15-16-18-20-22-24-28(34)30(36)31-26(25-32)29(35)27(33)23-21-19-17-10-8-6-4-2/h26-29,32-35H,3-25H2,1-2H3,(H,31,36). The molecular formula is C30H61NO5. The molecule has 0 aromatic heterocycles. The first-order valence-corrected chi connectivity index (χ1v) is 15.4. The van der Waals surface area contributed by atoms with Gasteiger partial charge >= 0.3 is 0 Å². The monoisotopic (exact) mass is 515 g/mol. The fourth-order valence-corrected chi connectivity index (χ4v) is 4.75. The Hall–Kier alpha value is -0.690. The number of hydrogen-bond acceptors (Lipinski definition) is 5. The Bertz CT molecular complexity index is 476. The summed E-state index contributed by atoms with van der Waals surface area (Å²) in [5, 5.41) is 42.9. The molecule has 0 radical (unpaired) electrons. The van der Waals surface area contributed by atoms with Crippen molar-refractivity contribution in [1.82, 2.24) is 5.32 Å². The lowest BCUT2D eigenvalue weighted by molar-refractivity contribution is -0.132. The summed E-state index contributed by atoms with van der Waals surface area (Å²) in [6.45, 7) is 3.96. The first kappa shape index (κ1) is 35.3. The number of unbranched alkanes of at least 4 members (excludes halogenated alkanes) is 18. The third kappa shape index (κ3) is 20.4. The van der Waals surface area contributed by atoms with Crippen LogP contribution < -0.4 is 5.32 Å². The van der Waals surface area contributed by atoms with Crippen LogP contribution in [-0.2, 0) is 4.79 Å². The molecule has 0 aromatic carbocycles. The highest BCUT2D eigenvalue weighted by atomic mass is 16.3. The molecule has 1 amide bonds. The Balaban J connectivity index is 3.86. The third-order valence-electron chi connectivity index (χ3n) is 7.32. The zero-order valence-electron chi connectivity index (χ0n) is 23.8. The fraction of sp³-hybridized carbons (Fsp3) is 0.967. The summed E-state index contributed by atoms with van der Waals surface area (Å²) in [6.07, 6.45) is 21.3. The van der Waals surface area contributed by atoms with Gasteiger partial charge in [0.15, 0.2) is 0 Å². The molecule has 0 saturated heterocycles. The van der Waals surface area contributed by atoms with Crippen LogP contribution >= 0.6 is 0 Å². The maximum Gasteiger partial charge on any atom is 0.249 e. The third-order valence-corrected chi connectivity index (χ3v) is 7.32. The summed E-state index contributed by atoms with van der Waals surface area (Å²) in [4.78, 5) is 12.3. The lowest BCUT2D eigenvalue weighted by atomic mass is 9.99. The van der Waals surface area contributed by atoms with Crippen LogP contribution in [-0.4, -0.2) is 57.3 Å². The predicted molar refractivity (Wildman–Crippen MR) is 150 cm³/mol. The topological polar surface area (TPSA) is 110 Å². The predicted octanol–water partition coefficient (Wildman–Crippen LogP) is 6.17. The molecule has 0 aliphatic heterocycles. The Kier molecular flexibility index (Phi) is 25.4. The number of rotatable bonds is 27. The molecule has 36 heavy (non-hydrogen) atoms. The molecule has 6 nitrogen and oxygen atoms in total. The van der Waals surface area contributed by atoms with E-state index in [1.165, 1.54) is 89.9 Å². The van der Waals surface area contributed by atoms with E-state index in [2.05, 4.69) is 19.2 Å².